The minimum Gasteiger partial charge on any atom is -0.354 e. The molecule has 0 saturated carbocycles. The summed E-state index contributed by atoms with van der Waals surface area (Å²) in [6, 6.07) is 59.6. The Kier molecular flexibility index (Phi) is 6.18. The van der Waals surface area contributed by atoms with Crippen LogP contribution in [0.15, 0.2) is 170 Å². The molecule has 0 fully saturated rings. The predicted molar refractivity (Wildman–Crippen MR) is 215 cm³/mol. The maximum Gasteiger partial charge on any atom is 0.164 e. The highest BCUT2D eigenvalue weighted by Gasteiger charge is 2.24. The van der Waals surface area contributed by atoms with Crippen LogP contribution < -0.4 is 0 Å². The first-order valence-electron chi connectivity index (χ1n) is 17.6. The number of aromatic nitrogens is 5. The third kappa shape index (κ3) is 4.20. The van der Waals surface area contributed by atoms with Crippen molar-refractivity contribution in [1.82, 2.24) is 24.5 Å². The monoisotopic (exact) mass is 663 g/mol. The molecule has 11 rings (SSSR count). The minimum absolute atomic E-state index is 0.643. The van der Waals surface area contributed by atoms with E-state index in [4.69, 9.17) is 15.0 Å². The minimum atomic E-state index is 0.643. The van der Waals surface area contributed by atoms with Gasteiger partial charge in [0.25, 0.3) is 0 Å². The number of nitrogens with one attached hydrogen (secondary N) is 1. The van der Waals surface area contributed by atoms with Crippen LogP contribution in [0.4, 0.5) is 0 Å². The number of aromatic amines is 1. The fraction of sp³-hybridized carbons (Fsp3) is 0. The molecule has 11 aromatic rings. The van der Waals surface area contributed by atoms with E-state index < -0.39 is 0 Å². The molecule has 8 aromatic carbocycles. The number of hydrogen-bond acceptors (Lipinski definition) is 3. The van der Waals surface area contributed by atoms with Crippen molar-refractivity contribution in [2.24, 2.45) is 0 Å². The van der Waals surface area contributed by atoms with E-state index in [1.165, 1.54) is 37.8 Å². The van der Waals surface area contributed by atoms with E-state index in [1.807, 2.05) is 36.4 Å². The molecule has 0 bridgehead atoms. The summed E-state index contributed by atoms with van der Waals surface area (Å²) in [5.74, 6) is 1.94. The van der Waals surface area contributed by atoms with Crippen molar-refractivity contribution in [3.63, 3.8) is 0 Å². The molecule has 5 heteroatoms. The average Bonchev–Trinajstić information content (AvgIpc) is 3.78. The highest BCUT2D eigenvalue weighted by atomic mass is 15.0. The van der Waals surface area contributed by atoms with Gasteiger partial charge in [0.15, 0.2) is 17.5 Å². The van der Waals surface area contributed by atoms with Gasteiger partial charge in [-0.1, -0.05) is 152 Å². The average molecular weight is 664 g/mol. The molecule has 52 heavy (non-hydrogen) atoms. The molecular weight excluding hydrogens is 635 g/mol. The fourth-order valence-electron chi connectivity index (χ4n) is 8.11. The molecule has 242 valence electrons. The zero-order valence-electron chi connectivity index (χ0n) is 28.0. The lowest BCUT2D eigenvalue weighted by Crippen LogP contribution is -2.00. The Balaban J connectivity index is 1.30. The van der Waals surface area contributed by atoms with Crippen molar-refractivity contribution in [3.05, 3.63) is 170 Å². The lowest BCUT2D eigenvalue weighted by Gasteiger charge is -2.13. The van der Waals surface area contributed by atoms with Gasteiger partial charge in [0.2, 0.25) is 0 Å². The quantitative estimate of drug-likeness (QED) is 0.204. The molecule has 3 heterocycles. The van der Waals surface area contributed by atoms with E-state index in [0.29, 0.717) is 17.5 Å². The summed E-state index contributed by atoms with van der Waals surface area (Å²) in [7, 11) is 0. The van der Waals surface area contributed by atoms with Crippen molar-refractivity contribution in [3.8, 4) is 39.9 Å². The van der Waals surface area contributed by atoms with Crippen LogP contribution in [0.2, 0.25) is 0 Å². The van der Waals surface area contributed by atoms with Crippen LogP contribution in [0.5, 0.6) is 0 Å². The zero-order chi connectivity index (χ0) is 34.2. The van der Waals surface area contributed by atoms with Gasteiger partial charge in [0.05, 0.1) is 16.6 Å². The molecule has 0 aliphatic rings. The Hall–Kier alpha value is -7.11. The summed E-state index contributed by atoms with van der Waals surface area (Å²) in [6.45, 7) is 0. The maximum absolute atomic E-state index is 5.13. The Morgan fingerprint density at radius 3 is 1.62 bits per heavy atom. The van der Waals surface area contributed by atoms with E-state index in [2.05, 4.69) is 143 Å². The van der Waals surface area contributed by atoms with Gasteiger partial charge in [-0.15, -0.1) is 0 Å². The molecule has 0 unspecified atom stereocenters. The molecule has 0 radical (unpaired) electrons. The SMILES string of the molecule is c1ccc(-c2nc(-c3ccccc3)nc(-c3cccc4c3ccc3c5c6c7ccccc7[nH]c6c6ccccc6c5n(-c5ccccc5)c43)n2)cc1. The van der Waals surface area contributed by atoms with E-state index in [-0.39, 0.29) is 0 Å². The molecular formula is C47H29N5. The van der Waals surface area contributed by atoms with E-state index in [9.17, 15) is 0 Å². The van der Waals surface area contributed by atoms with Crippen molar-refractivity contribution in [1.29, 1.82) is 0 Å². The zero-order valence-corrected chi connectivity index (χ0v) is 28.0. The Labute approximate surface area is 298 Å². The number of H-pyrrole nitrogens is 1. The van der Waals surface area contributed by atoms with E-state index in [0.717, 1.165) is 49.7 Å². The van der Waals surface area contributed by atoms with Gasteiger partial charge in [-0.3, -0.25) is 0 Å². The largest absolute Gasteiger partial charge is 0.354 e. The van der Waals surface area contributed by atoms with Gasteiger partial charge < -0.3 is 9.55 Å². The topological polar surface area (TPSA) is 59.4 Å². The van der Waals surface area contributed by atoms with Crippen LogP contribution >= 0.6 is 0 Å². The van der Waals surface area contributed by atoms with Gasteiger partial charge in [0, 0.05) is 65.6 Å². The standard InChI is InChI=1S/C47H29N5/c1-4-15-29(16-5-1)45-49-46(30-17-6-2-7-18-30)51-47(50-45)36-25-14-24-34-32(36)27-28-38-41-40-37-23-12-13-26-39(37)48-42(40)33-21-10-11-22-35(33)44(41)52(43(34)38)31-19-8-3-9-20-31/h1-28,48H. The predicted octanol–water partition coefficient (Wildman–Crippen LogP) is 11.9. The first kappa shape index (κ1) is 28.7. The molecule has 1 N–H and O–H groups in total. The van der Waals surface area contributed by atoms with Gasteiger partial charge in [-0.05, 0) is 23.6 Å². The summed E-state index contributed by atoms with van der Waals surface area (Å²) in [4.78, 5) is 19.0. The maximum atomic E-state index is 5.13. The second-order valence-electron chi connectivity index (χ2n) is 13.3. The summed E-state index contributed by atoms with van der Waals surface area (Å²) in [5, 5.41) is 9.55. The summed E-state index contributed by atoms with van der Waals surface area (Å²) in [6.07, 6.45) is 0. The number of hydrogen-bond donors (Lipinski definition) is 1. The third-order valence-corrected chi connectivity index (χ3v) is 10.3. The molecule has 0 aliphatic heterocycles. The molecule has 0 atom stereocenters. The second kappa shape index (κ2) is 11.2. The van der Waals surface area contributed by atoms with Crippen molar-refractivity contribution in [2.75, 3.05) is 0 Å². The van der Waals surface area contributed by atoms with Crippen molar-refractivity contribution >= 4 is 65.2 Å². The number of benzene rings is 8. The molecule has 0 spiro atoms. The normalized spacial score (nSPS) is 11.8. The smallest absolute Gasteiger partial charge is 0.164 e. The van der Waals surface area contributed by atoms with Crippen LogP contribution in [-0.4, -0.2) is 24.5 Å². The van der Waals surface area contributed by atoms with Crippen LogP contribution in [0.3, 0.4) is 0 Å². The van der Waals surface area contributed by atoms with Crippen LogP contribution in [-0.2, 0) is 0 Å². The highest BCUT2D eigenvalue weighted by molar-refractivity contribution is 6.38. The molecule has 0 amide bonds. The summed E-state index contributed by atoms with van der Waals surface area (Å²) < 4.78 is 2.47. The summed E-state index contributed by atoms with van der Waals surface area (Å²) in [5.41, 5.74) is 8.63. The number of para-hydroxylation sites is 2. The van der Waals surface area contributed by atoms with Gasteiger partial charge in [-0.2, -0.15) is 0 Å². The van der Waals surface area contributed by atoms with Crippen molar-refractivity contribution < 1.29 is 0 Å². The Morgan fingerprint density at radius 1 is 0.365 bits per heavy atom. The first-order chi connectivity index (χ1) is 25.8. The lowest BCUT2D eigenvalue weighted by molar-refractivity contribution is 1.08. The molecule has 3 aromatic heterocycles. The highest BCUT2D eigenvalue weighted by Crippen LogP contribution is 2.47. The number of nitrogens with zero attached hydrogens (tertiary/aromatic N) is 4. The van der Waals surface area contributed by atoms with Gasteiger partial charge >= 0.3 is 0 Å². The number of fused-ring (bicyclic) bond motifs is 12. The van der Waals surface area contributed by atoms with E-state index >= 15 is 0 Å². The number of rotatable bonds is 4. The summed E-state index contributed by atoms with van der Waals surface area (Å²) >= 11 is 0. The van der Waals surface area contributed by atoms with Crippen LogP contribution in [0.1, 0.15) is 0 Å². The first-order valence-corrected chi connectivity index (χ1v) is 17.6. The van der Waals surface area contributed by atoms with E-state index in [1.54, 1.807) is 0 Å². The van der Waals surface area contributed by atoms with Gasteiger partial charge in [0.1, 0.15) is 0 Å². The second-order valence-corrected chi connectivity index (χ2v) is 13.3. The van der Waals surface area contributed by atoms with Crippen LogP contribution in [0.25, 0.3) is 105 Å². The Bertz CT molecular complexity index is 3100. The third-order valence-electron chi connectivity index (χ3n) is 10.3. The molecule has 0 aliphatic carbocycles. The molecule has 5 nitrogen and oxygen atoms in total. The molecule has 0 saturated heterocycles. The Morgan fingerprint density at radius 2 is 0.904 bits per heavy atom. The lowest BCUT2D eigenvalue weighted by atomic mass is 9.97. The van der Waals surface area contributed by atoms with Crippen LogP contribution in [0, 0.1) is 0 Å². The van der Waals surface area contributed by atoms with Crippen molar-refractivity contribution in [2.45, 2.75) is 0 Å². The fourth-order valence-corrected chi connectivity index (χ4v) is 8.11. The van der Waals surface area contributed by atoms with Gasteiger partial charge in [-0.25, -0.2) is 15.0 Å².